The number of nitrogen functional groups attached to an aromatic ring is 1. The molecular formula is C22H21FN8O4. The van der Waals surface area contributed by atoms with E-state index in [0.29, 0.717) is 16.7 Å². The molecule has 13 heteroatoms. The van der Waals surface area contributed by atoms with Crippen LogP contribution in [-0.2, 0) is 11.3 Å². The van der Waals surface area contributed by atoms with Gasteiger partial charge < -0.3 is 30.8 Å². The number of methoxy groups -OCH3 is 1. The number of hydrogen-bond acceptors (Lipinski definition) is 9. The predicted molar refractivity (Wildman–Crippen MR) is 122 cm³/mol. The molecule has 1 aliphatic rings. The first-order valence-electron chi connectivity index (χ1n) is 10.6. The molecule has 4 aromatic heterocycles. The number of nitrogens with zero attached hydrogens (tertiary/aromatic N) is 4. The van der Waals surface area contributed by atoms with Crippen LogP contribution in [-0.4, -0.2) is 56.2 Å². The van der Waals surface area contributed by atoms with Crippen molar-refractivity contribution in [2.75, 3.05) is 24.7 Å². The number of H-pyrrole nitrogens is 1. The number of anilines is 2. The number of pyridine rings is 1. The van der Waals surface area contributed by atoms with E-state index < -0.39 is 23.8 Å². The molecule has 1 aliphatic heterocycles. The number of aromatic amines is 1. The Morgan fingerprint density at radius 2 is 2.14 bits per heavy atom. The second-order valence-electron chi connectivity index (χ2n) is 7.92. The molecule has 5 heterocycles. The number of esters is 1. The van der Waals surface area contributed by atoms with Crippen LogP contribution in [0.2, 0.25) is 0 Å². The number of rotatable bonds is 2. The van der Waals surface area contributed by atoms with Gasteiger partial charge >= 0.3 is 5.97 Å². The summed E-state index contributed by atoms with van der Waals surface area (Å²) in [5, 5.41) is 10.2. The number of halogens is 1. The summed E-state index contributed by atoms with van der Waals surface area (Å²) in [6, 6.07) is 2.86. The topological polar surface area (TPSA) is 162 Å². The third-order valence-electron chi connectivity index (χ3n) is 5.51. The molecule has 5 N–H and O–H groups in total. The number of ether oxygens (including phenoxy) is 2. The van der Waals surface area contributed by atoms with Gasteiger partial charge in [0.2, 0.25) is 5.88 Å². The van der Waals surface area contributed by atoms with E-state index in [1.54, 1.807) is 19.2 Å². The summed E-state index contributed by atoms with van der Waals surface area (Å²) in [6.45, 7) is 2.01. The third-order valence-corrected chi connectivity index (χ3v) is 5.51. The monoisotopic (exact) mass is 480 g/mol. The summed E-state index contributed by atoms with van der Waals surface area (Å²) in [7, 11) is 1.27. The van der Waals surface area contributed by atoms with Gasteiger partial charge in [0.1, 0.15) is 34.8 Å². The molecule has 5 rings (SSSR count). The summed E-state index contributed by atoms with van der Waals surface area (Å²) >= 11 is 0. The molecule has 12 nitrogen and oxygen atoms in total. The van der Waals surface area contributed by atoms with Crippen molar-refractivity contribution in [2.24, 2.45) is 0 Å². The lowest BCUT2D eigenvalue weighted by molar-refractivity contribution is 0.0594. The number of nitrogens with one attached hydrogen (secondary N) is 3. The van der Waals surface area contributed by atoms with Crippen molar-refractivity contribution < 1.29 is 23.5 Å². The smallest absolute Gasteiger partial charge is 0.354 e. The second-order valence-corrected chi connectivity index (χ2v) is 7.92. The Morgan fingerprint density at radius 3 is 2.94 bits per heavy atom. The number of amides is 1. The zero-order valence-electron chi connectivity index (χ0n) is 18.8. The lowest BCUT2D eigenvalue weighted by Crippen LogP contribution is -2.33. The van der Waals surface area contributed by atoms with Gasteiger partial charge in [-0.25, -0.2) is 19.2 Å². The predicted octanol–water partition coefficient (Wildman–Crippen LogP) is 1.75. The maximum absolute atomic E-state index is 14.0. The third kappa shape index (κ3) is 3.96. The fraction of sp³-hybridized carbons (Fsp3) is 0.227. The van der Waals surface area contributed by atoms with Crippen LogP contribution in [0.15, 0.2) is 30.7 Å². The minimum atomic E-state index is -0.559. The molecule has 2 bridgehead atoms. The Hall–Kier alpha value is -4.68. The van der Waals surface area contributed by atoms with Gasteiger partial charge in [0.05, 0.1) is 31.6 Å². The van der Waals surface area contributed by atoms with Crippen LogP contribution < -0.4 is 21.1 Å². The molecule has 4 aromatic rings. The van der Waals surface area contributed by atoms with E-state index in [-0.39, 0.29) is 47.5 Å². The lowest BCUT2D eigenvalue weighted by atomic mass is 10.1. The van der Waals surface area contributed by atoms with Crippen LogP contribution >= 0.6 is 0 Å². The Morgan fingerprint density at radius 1 is 1.31 bits per heavy atom. The lowest BCUT2D eigenvalue weighted by Gasteiger charge is -2.17. The summed E-state index contributed by atoms with van der Waals surface area (Å²) in [5.74, 6) is -0.840. The fourth-order valence-electron chi connectivity index (χ4n) is 3.80. The zero-order chi connectivity index (χ0) is 24.7. The van der Waals surface area contributed by atoms with Gasteiger partial charge in [-0.1, -0.05) is 0 Å². The molecule has 0 fully saturated rings. The largest absolute Gasteiger partial charge is 0.473 e. The van der Waals surface area contributed by atoms with Gasteiger partial charge in [0.15, 0.2) is 5.65 Å². The number of fused-ring (bicyclic) bond motifs is 2. The molecule has 0 radical (unpaired) electrons. The summed E-state index contributed by atoms with van der Waals surface area (Å²) in [4.78, 5) is 36.4. The second kappa shape index (κ2) is 8.59. The normalized spacial score (nSPS) is 15.7. The van der Waals surface area contributed by atoms with Gasteiger partial charge in [-0.15, -0.1) is 0 Å². The highest BCUT2D eigenvalue weighted by Crippen LogP contribution is 2.35. The zero-order valence-corrected chi connectivity index (χ0v) is 18.8. The van der Waals surface area contributed by atoms with Gasteiger partial charge in [-0.2, -0.15) is 9.61 Å². The highest BCUT2D eigenvalue weighted by atomic mass is 19.1. The van der Waals surface area contributed by atoms with Crippen LogP contribution in [0.4, 0.5) is 16.0 Å². The molecule has 0 unspecified atom stereocenters. The Balaban J connectivity index is 1.69. The number of carbonyl (C=O) groups is 2. The van der Waals surface area contributed by atoms with E-state index in [4.69, 9.17) is 15.2 Å². The minimum absolute atomic E-state index is 0.0849. The first kappa shape index (κ1) is 22.1. The molecular weight excluding hydrogens is 459 g/mol. The number of nitrogens with two attached hydrogens (primary N) is 1. The van der Waals surface area contributed by atoms with Gasteiger partial charge in [0, 0.05) is 23.9 Å². The van der Waals surface area contributed by atoms with Gasteiger partial charge in [0.25, 0.3) is 5.91 Å². The highest BCUT2D eigenvalue weighted by Gasteiger charge is 2.24. The van der Waals surface area contributed by atoms with Crippen molar-refractivity contribution in [2.45, 2.75) is 19.6 Å². The summed E-state index contributed by atoms with van der Waals surface area (Å²) in [5.41, 5.74) is 8.49. The minimum Gasteiger partial charge on any atom is -0.473 e. The SMILES string of the molecule is COC(=O)c1cc(-c2c3nc4c(cnn4c2N)C(=O)NC[C@H](C)Oc2ncc(F)cc2CN3)c[nH]1. The number of aromatic nitrogens is 5. The van der Waals surface area contributed by atoms with Crippen LogP contribution in [0.25, 0.3) is 16.8 Å². The Kier molecular flexibility index (Phi) is 5.43. The van der Waals surface area contributed by atoms with E-state index in [1.807, 2.05) is 0 Å². The van der Waals surface area contributed by atoms with Crippen molar-refractivity contribution in [3.63, 3.8) is 0 Å². The van der Waals surface area contributed by atoms with Crippen molar-refractivity contribution in [3.05, 3.63) is 53.4 Å². The van der Waals surface area contributed by atoms with Crippen LogP contribution in [0.5, 0.6) is 5.88 Å². The van der Waals surface area contributed by atoms with E-state index in [1.165, 1.54) is 23.9 Å². The average Bonchev–Trinajstić information content (AvgIpc) is 3.49. The van der Waals surface area contributed by atoms with E-state index in [2.05, 4.69) is 30.7 Å². The van der Waals surface area contributed by atoms with Crippen LogP contribution in [0.3, 0.4) is 0 Å². The molecule has 180 valence electrons. The van der Waals surface area contributed by atoms with E-state index >= 15 is 0 Å². The first-order valence-corrected chi connectivity index (χ1v) is 10.6. The number of hydrogen-bond donors (Lipinski definition) is 4. The molecule has 0 spiro atoms. The standard InChI is InChI=1S/C22H21FN8O4/c1-10-5-27-20(32)14-9-29-31-17(24)16(11-4-15(25-6-11)22(33)34-2)18(30-19(14)31)26-7-12-3-13(23)8-28-21(12)35-10/h3-4,6,8-10,25H,5,7,24H2,1-2H3,(H,26,30)(H,27,32)/t10-/m0/s1. The van der Waals surface area contributed by atoms with Crippen LogP contribution in [0, 0.1) is 5.82 Å². The molecule has 0 saturated heterocycles. The average molecular weight is 480 g/mol. The number of carbonyl (C=O) groups excluding carboxylic acids is 2. The van der Waals surface area contributed by atoms with Crippen molar-refractivity contribution in [1.29, 1.82) is 0 Å². The molecule has 0 aromatic carbocycles. The summed E-state index contributed by atoms with van der Waals surface area (Å²) < 4.78 is 26.0. The van der Waals surface area contributed by atoms with Gasteiger partial charge in [-0.05, 0) is 19.1 Å². The first-order chi connectivity index (χ1) is 16.9. The molecule has 0 aliphatic carbocycles. The van der Waals surface area contributed by atoms with Crippen LogP contribution in [0.1, 0.15) is 33.3 Å². The van der Waals surface area contributed by atoms with Crippen molar-refractivity contribution >= 4 is 29.2 Å². The van der Waals surface area contributed by atoms with E-state index in [0.717, 1.165) is 6.20 Å². The quantitative estimate of drug-likeness (QED) is 0.313. The van der Waals surface area contributed by atoms with E-state index in [9.17, 15) is 14.0 Å². The fourth-order valence-corrected chi connectivity index (χ4v) is 3.80. The Bertz CT molecular complexity index is 1460. The Labute approximate surface area is 197 Å². The highest BCUT2D eigenvalue weighted by molar-refractivity contribution is 6.01. The molecule has 35 heavy (non-hydrogen) atoms. The van der Waals surface area contributed by atoms with Gasteiger partial charge in [-0.3, -0.25) is 4.79 Å². The maximum atomic E-state index is 14.0. The summed E-state index contributed by atoms with van der Waals surface area (Å²) in [6.07, 6.45) is 3.55. The van der Waals surface area contributed by atoms with Crippen molar-refractivity contribution in [3.8, 4) is 17.0 Å². The maximum Gasteiger partial charge on any atom is 0.354 e. The molecule has 0 saturated carbocycles. The van der Waals surface area contributed by atoms with Crippen molar-refractivity contribution in [1.82, 2.24) is 29.9 Å². The molecule has 1 amide bonds. The molecule has 1 atom stereocenters.